The van der Waals surface area contributed by atoms with Gasteiger partial charge in [0.25, 0.3) is 5.22 Å². The van der Waals surface area contributed by atoms with Gasteiger partial charge in [-0.1, -0.05) is 0 Å². The zero-order chi connectivity index (χ0) is 10.8. The van der Waals surface area contributed by atoms with Crippen LogP contribution in [0.15, 0.2) is 27.1 Å². The first-order valence-electron chi connectivity index (χ1n) is 4.62. The van der Waals surface area contributed by atoms with Crippen molar-refractivity contribution in [2.45, 2.75) is 30.6 Å². The highest BCUT2D eigenvalue weighted by Gasteiger charge is 2.14. The van der Waals surface area contributed by atoms with E-state index >= 15 is 0 Å². The van der Waals surface area contributed by atoms with Crippen molar-refractivity contribution in [2.24, 2.45) is 0 Å². The molecule has 0 bridgehead atoms. The van der Waals surface area contributed by atoms with Crippen molar-refractivity contribution in [1.82, 2.24) is 14.8 Å². The molecule has 2 heterocycles. The van der Waals surface area contributed by atoms with Crippen molar-refractivity contribution in [3.8, 4) is 0 Å². The van der Waals surface area contributed by atoms with Gasteiger partial charge in [-0.05, 0) is 25.6 Å². The Morgan fingerprint density at radius 3 is 3.00 bits per heavy atom. The number of hydrogen-bond donors (Lipinski definition) is 1. The average molecular weight is 224 g/mol. The fraction of sp³-hybridized carbons (Fsp3) is 0.333. The van der Waals surface area contributed by atoms with Gasteiger partial charge in [0.1, 0.15) is 11.3 Å². The molecule has 2 aromatic heterocycles. The summed E-state index contributed by atoms with van der Waals surface area (Å²) in [5.41, 5.74) is 7.46. The number of hydrogen-bond acceptors (Lipinski definition) is 5. The lowest BCUT2D eigenvalue weighted by Gasteiger charge is -2.01. The molecular weight excluding hydrogens is 212 g/mol. The molecule has 0 saturated carbocycles. The van der Waals surface area contributed by atoms with Crippen LogP contribution in [0.5, 0.6) is 0 Å². The fourth-order valence-corrected chi connectivity index (χ4v) is 2.16. The van der Waals surface area contributed by atoms with Gasteiger partial charge in [0.05, 0.1) is 17.6 Å². The van der Waals surface area contributed by atoms with Crippen molar-refractivity contribution < 1.29 is 4.42 Å². The average Bonchev–Trinajstić information content (AvgIpc) is 2.82. The molecule has 0 atom stereocenters. The number of nitrogens with zero attached hydrogens (tertiary/aromatic N) is 3. The van der Waals surface area contributed by atoms with Crippen LogP contribution in [0, 0.1) is 6.92 Å². The van der Waals surface area contributed by atoms with Crippen LogP contribution >= 0.6 is 11.8 Å². The molecule has 2 aromatic rings. The lowest BCUT2D eigenvalue weighted by molar-refractivity contribution is 0.452. The number of nitrogens with two attached hydrogens (primary N) is 1. The topological polar surface area (TPSA) is 69.9 Å². The molecule has 2 rings (SSSR count). The Labute approximate surface area is 91.7 Å². The molecule has 6 heteroatoms. The van der Waals surface area contributed by atoms with E-state index in [0.717, 1.165) is 17.3 Å². The highest BCUT2D eigenvalue weighted by atomic mass is 32.2. The first kappa shape index (κ1) is 10.1. The molecule has 0 aliphatic rings. The van der Waals surface area contributed by atoms with Crippen molar-refractivity contribution in [3.63, 3.8) is 0 Å². The van der Waals surface area contributed by atoms with Crippen LogP contribution in [-0.4, -0.2) is 14.8 Å². The summed E-state index contributed by atoms with van der Waals surface area (Å²) in [5, 5.41) is 5.78. The minimum absolute atomic E-state index is 0.580. The highest BCUT2D eigenvalue weighted by Crippen LogP contribution is 2.32. The summed E-state index contributed by atoms with van der Waals surface area (Å²) in [6.45, 7) is 4.69. The molecule has 0 radical (unpaired) electrons. The van der Waals surface area contributed by atoms with Gasteiger partial charge in [-0.2, -0.15) is 5.10 Å². The van der Waals surface area contributed by atoms with Crippen molar-refractivity contribution >= 4 is 17.4 Å². The van der Waals surface area contributed by atoms with Crippen LogP contribution in [0.1, 0.15) is 12.6 Å². The third-order valence-electron chi connectivity index (χ3n) is 2.02. The van der Waals surface area contributed by atoms with Crippen LogP contribution in [0.25, 0.3) is 0 Å². The number of aryl methyl sites for hydroxylation is 2. The minimum atomic E-state index is 0.580. The van der Waals surface area contributed by atoms with E-state index in [1.165, 1.54) is 18.0 Å². The Hall–Kier alpha value is -1.43. The third kappa shape index (κ3) is 1.85. The second-order valence-electron chi connectivity index (χ2n) is 3.02. The predicted octanol–water partition coefficient (Wildman–Crippen LogP) is 1.93. The molecule has 15 heavy (non-hydrogen) atoms. The molecular formula is C9H12N4OS. The van der Waals surface area contributed by atoms with Crippen molar-refractivity contribution in [2.75, 3.05) is 5.73 Å². The van der Waals surface area contributed by atoms with Crippen LogP contribution in [0.2, 0.25) is 0 Å². The largest absolute Gasteiger partial charge is 0.440 e. The Morgan fingerprint density at radius 2 is 2.40 bits per heavy atom. The molecule has 0 spiro atoms. The molecule has 0 fully saturated rings. The SMILES string of the molecule is CCn1nc(C)c(N)c1Sc1ncco1. The Balaban J connectivity index is 2.34. The van der Waals surface area contributed by atoms with E-state index in [1.54, 1.807) is 6.20 Å². The molecule has 0 aliphatic heterocycles. The lowest BCUT2D eigenvalue weighted by Crippen LogP contribution is -1.98. The molecule has 0 aromatic carbocycles. The van der Waals surface area contributed by atoms with Gasteiger partial charge in [0.2, 0.25) is 0 Å². The predicted molar refractivity (Wildman–Crippen MR) is 57.7 cm³/mol. The molecule has 5 nitrogen and oxygen atoms in total. The summed E-state index contributed by atoms with van der Waals surface area (Å²) in [6.07, 6.45) is 3.15. The molecule has 80 valence electrons. The first-order valence-corrected chi connectivity index (χ1v) is 5.44. The maximum Gasteiger partial charge on any atom is 0.262 e. The smallest absolute Gasteiger partial charge is 0.262 e. The van der Waals surface area contributed by atoms with Gasteiger partial charge in [-0.15, -0.1) is 0 Å². The summed E-state index contributed by atoms with van der Waals surface area (Å²) in [6, 6.07) is 0. The van der Waals surface area contributed by atoms with Gasteiger partial charge in [-0.25, -0.2) is 4.98 Å². The summed E-state index contributed by atoms with van der Waals surface area (Å²) < 4.78 is 7.00. The van der Waals surface area contributed by atoms with Crippen LogP contribution < -0.4 is 5.73 Å². The maximum absolute atomic E-state index is 5.92. The van der Waals surface area contributed by atoms with Gasteiger partial charge in [0.15, 0.2) is 0 Å². The number of nitrogen functional groups attached to an aromatic ring is 1. The van der Waals surface area contributed by atoms with E-state index in [9.17, 15) is 0 Å². The normalized spacial score (nSPS) is 10.8. The second-order valence-corrected chi connectivity index (χ2v) is 3.96. The summed E-state index contributed by atoms with van der Waals surface area (Å²) >= 11 is 1.39. The number of rotatable bonds is 3. The zero-order valence-corrected chi connectivity index (χ0v) is 9.41. The van der Waals surface area contributed by atoms with E-state index in [4.69, 9.17) is 10.2 Å². The van der Waals surface area contributed by atoms with Crippen LogP contribution in [0.3, 0.4) is 0 Å². The van der Waals surface area contributed by atoms with Crippen molar-refractivity contribution in [1.29, 1.82) is 0 Å². The van der Waals surface area contributed by atoms with Gasteiger partial charge in [-0.3, -0.25) is 4.68 Å². The van der Waals surface area contributed by atoms with E-state index in [0.29, 0.717) is 10.9 Å². The quantitative estimate of drug-likeness (QED) is 0.862. The third-order valence-corrected chi connectivity index (χ3v) is 3.02. The summed E-state index contributed by atoms with van der Waals surface area (Å²) in [4.78, 5) is 4.04. The molecule has 0 unspecified atom stereocenters. The number of oxazole rings is 1. The molecule has 0 aliphatic carbocycles. The minimum Gasteiger partial charge on any atom is -0.440 e. The van der Waals surface area contributed by atoms with E-state index < -0.39 is 0 Å². The van der Waals surface area contributed by atoms with Gasteiger partial charge >= 0.3 is 0 Å². The van der Waals surface area contributed by atoms with E-state index in [2.05, 4.69) is 10.1 Å². The maximum atomic E-state index is 5.92. The number of aromatic nitrogens is 3. The Kier molecular flexibility index (Phi) is 2.68. The first-order chi connectivity index (χ1) is 7.22. The van der Waals surface area contributed by atoms with E-state index in [1.807, 2.05) is 18.5 Å². The molecule has 0 amide bonds. The Bertz CT molecular complexity index is 449. The molecule has 2 N–H and O–H groups in total. The standard InChI is InChI=1S/C9H12N4OS/c1-3-13-8(7(10)6(2)12-13)15-9-11-4-5-14-9/h4-5H,3,10H2,1-2H3. The second kappa shape index (κ2) is 3.98. The zero-order valence-electron chi connectivity index (χ0n) is 8.60. The summed E-state index contributed by atoms with van der Waals surface area (Å²) in [7, 11) is 0. The Morgan fingerprint density at radius 1 is 1.60 bits per heavy atom. The fourth-order valence-electron chi connectivity index (χ4n) is 1.24. The summed E-state index contributed by atoms with van der Waals surface area (Å²) in [5.74, 6) is 0. The van der Waals surface area contributed by atoms with Crippen LogP contribution in [-0.2, 0) is 6.54 Å². The van der Waals surface area contributed by atoms with Gasteiger partial charge in [0, 0.05) is 6.54 Å². The highest BCUT2D eigenvalue weighted by molar-refractivity contribution is 7.99. The van der Waals surface area contributed by atoms with E-state index in [-0.39, 0.29) is 0 Å². The lowest BCUT2D eigenvalue weighted by atomic mass is 10.4. The number of anilines is 1. The van der Waals surface area contributed by atoms with Gasteiger partial charge < -0.3 is 10.2 Å². The monoisotopic (exact) mass is 224 g/mol. The van der Waals surface area contributed by atoms with Crippen LogP contribution in [0.4, 0.5) is 5.69 Å². The molecule has 0 saturated heterocycles. The van der Waals surface area contributed by atoms with Crippen molar-refractivity contribution in [3.05, 3.63) is 18.2 Å².